The summed E-state index contributed by atoms with van der Waals surface area (Å²) in [6, 6.07) is 12.8. The third-order valence-corrected chi connectivity index (χ3v) is 2.95. The first kappa shape index (κ1) is 15.1. The minimum absolute atomic E-state index is 0.0936. The normalized spacial score (nSPS) is 10.8. The molecule has 2 aromatic carbocycles. The highest BCUT2D eigenvalue weighted by Gasteiger charge is 2.16. The largest absolute Gasteiger partial charge is 0.478 e. The van der Waals surface area contributed by atoms with Crippen LogP contribution in [0.1, 0.15) is 26.3 Å². The molecule has 108 valence electrons. The Labute approximate surface area is 125 Å². The molecule has 2 rings (SSSR count). The molecule has 0 saturated heterocycles. The SMILES string of the molecule is N#C/C(=C\c1ccc(C(=O)O)cc1)C(=O)c1ccccc1F. The molecule has 0 heterocycles. The van der Waals surface area contributed by atoms with Gasteiger partial charge in [0.1, 0.15) is 17.5 Å². The van der Waals surface area contributed by atoms with E-state index in [4.69, 9.17) is 10.4 Å². The molecule has 0 spiro atoms. The lowest BCUT2D eigenvalue weighted by atomic mass is 10.0. The van der Waals surface area contributed by atoms with Crippen molar-refractivity contribution in [2.45, 2.75) is 0 Å². The second kappa shape index (κ2) is 6.46. The number of aromatic carboxylic acids is 1. The van der Waals surface area contributed by atoms with Crippen molar-refractivity contribution < 1.29 is 19.1 Å². The summed E-state index contributed by atoms with van der Waals surface area (Å²) in [5.74, 6) is -2.49. The molecule has 1 N–H and O–H groups in total. The Hall–Kier alpha value is -3.26. The second-order valence-corrected chi connectivity index (χ2v) is 4.41. The van der Waals surface area contributed by atoms with E-state index in [1.165, 1.54) is 48.5 Å². The van der Waals surface area contributed by atoms with Crippen molar-refractivity contribution in [3.8, 4) is 6.07 Å². The molecule has 5 heteroatoms. The average Bonchev–Trinajstić information content (AvgIpc) is 2.53. The van der Waals surface area contributed by atoms with Crippen LogP contribution in [0.4, 0.5) is 4.39 Å². The predicted octanol–water partition coefficient (Wildman–Crippen LogP) is 3.31. The summed E-state index contributed by atoms with van der Waals surface area (Å²) in [4.78, 5) is 22.9. The number of carboxylic acids is 1. The topological polar surface area (TPSA) is 78.2 Å². The van der Waals surface area contributed by atoms with Crippen molar-refractivity contribution in [1.29, 1.82) is 5.26 Å². The van der Waals surface area contributed by atoms with Crippen molar-refractivity contribution in [3.63, 3.8) is 0 Å². The zero-order chi connectivity index (χ0) is 16.1. The summed E-state index contributed by atoms with van der Waals surface area (Å²) in [7, 11) is 0. The number of nitrogens with zero attached hydrogens (tertiary/aromatic N) is 1. The van der Waals surface area contributed by atoms with Crippen LogP contribution < -0.4 is 0 Å². The fourth-order valence-electron chi connectivity index (χ4n) is 1.83. The van der Waals surface area contributed by atoms with E-state index in [0.29, 0.717) is 5.56 Å². The van der Waals surface area contributed by atoms with Crippen LogP contribution in [0.25, 0.3) is 6.08 Å². The average molecular weight is 295 g/mol. The van der Waals surface area contributed by atoms with Gasteiger partial charge in [-0.1, -0.05) is 24.3 Å². The second-order valence-electron chi connectivity index (χ2n) is 4.41. The maximum absolute atomic E-state index is 13.6. The van der Waals surface area contributed by atoms with Gasteiger partial charge in [-0.15, -0.1) is 0 Å². The molecule has 0 aliphatic heterocycles. The minimum atomic E-state index is -1.07. The van der Waals surface area contributed by atoms with Crippen LogP contribution in [0.3, 0.4) is 0 Å². The first-order valence-electron chi connectivity index (χ1n) is 6.27. The maximum atomic E-state index is 13.6. The van der Waals surface area contributed by atoms with Gasteiger partial charge >= 0.3 is 5.97 Å². The Morgan fingerprint density at radius 1 is 1.09 bits per heavy atom. The van der Waals surface area contributed by atoms with Crippen LogP contribution in [0.5, 0.6) is 0 Å². The molecule has 4 nitrogen and oxygen atoms in total. The fraction of sp³-hybridized carbons (Fsp3) is 0. The minimum Gasteiger partial charge on any atom is -0.478 e. The molecule has 0 atom stereocenters. The Morgan fingerprint density at radius 2 is 1.73 bits per heavy atom. The molecule has 0 aliphatic carbocycles. The van der Waals surface area contributed by atoms with Gasteiger partial charge < -0.3 is 5.11 Å². The Morgan fingerprint density at radius 3 is 2.27 bits per heavy atom. The standard InChI is InChI=1S/C17H10FNO3/c18-15-4-2-1-3-14(15)16(20)13(10-19)9-11-5-7-12(8-6-11)17(21)22/h1-9H,(H,21,22)/b13-9+. The molecular weight excluding hydrogens is 285 g/mol. The van der Waals surface area contributed by atoms with Gasteiger partial charge in [-0.05, 0) is 35.9 Å². The first-order valence-corrected chi connectivity index (χ1v) is 6.27. The molecule has 0 aliphatic rings. The number of hydrogen-bond acceptors (Lipinski definition) is 3. The number of hydrogen-bond donors (Lipinski definition) is 1. The van der Waals surface area contributed by atoms with Gasteiger partial charge in [-0.3, -0.25) is 4.79 Å². The molecule has 0 amide bonds. The summed E-state index contributed by atoms with van der Waals surface area (Å²) >= 11 is 0. The summed E-state index contributed by atoms with van der Waals surface area (Å²) in [6.45, 7) is 0. The predicted molar refractivity (Wildman–Crippen MR) is 77.7 cm³/mol. The summed E-state index contributed by atoms with van der Waals surface area (Å²) < 4.78 is 13.6. The lowest BCUT2D eigenvalue weighted by Crippen LogP contribution is -2.04. The number of carbonyl (C=O) groups is 2. The van der Waals surface area contributed by atoms with Crippen LogP contribution in [0.2, 0.25) is 0 Å². The lowest BCUT2D eigenvalue weighted by Gasteiger charge is -2.01. The molecule has 0 radical (unpaired) electrons. The van der Waals surface area contributed by atoms with E-state index in [0.717, 1.165) is 6.07 Å². The van der Waals surface area contributed by atoms with Gasteiger partial charge in [0.15, 0.2) is 0 Å². The van der Waals surface area contributed by atoms with Crippen molar-refractivity contribution in [3.05, 3.63) is 76.6 Å². The Bertz CT molecular complexity index is 801. The van der Waals surface area contributed by atoms with Crippen molar-refractivity contribution in [2.75, 3.05) is 0 Å². The van der Waals surface area contributed by atoms with Gasteiger partial charge in [0, 0.05) is 0 Å². The number of rotatable bonds is 4. The van der Waals surface area contributed by atoms with Gasteiger partial charge in [0.25, 0.3) is 0 Å². The molecule has 22 heavy (non-hydrogen) atoms. The zero-order valence-corrected chi connectivity index (χ0v) is 11.3. The molecule has 0 saturated carbocycles. The van der Waals surface area contributed by atoms with Gasteiger partial charge in [-0.2, -0.15) is 5.26 Å². The Kier molecular flexibility index (Phi) is 4.44. The van der Waals surface area contributed by atoms with E-state index < -0.39 is 17.6 Å². The first-order chi connectivity index (χ1) is 10.5. The number of carbonyl (C=O) groups excluding carboxylic acids is 1. The van der Waals surface area contributed by atoms with E-state index in [1.807, 2.05) is 0 Å². The number of allylic oxidation sites excluding steroid dienone is 1. The molecule has 0 aromatic heterocycles. The molecule has 0 unspecified atom stereocenters. The van der Waals surface area contributed by atoms with Crippen LogP contribution in [-0.2, 0) is 0 Å². The molecular formula is C17H10FNO3. The number of Topliss-reactive ketones (excluding diaryl/α,β-unsaturated/α-hetero) is 1. The van der Waals surface area contributed by atoms with E-state index >= 15 is 0 Å². The fourth-order valence-corrected chi connectivity index (χ4v) is 1.83. The number of nitriles is 1. The van der Waals surface area contributed by atoms with Crippen LogP contribution >= 0.6 is 0 Å². The van der Waals surface area contributed by atoms with Crippen molar-refractivity contribution in [1.82, 2.24) is 0 Å². The van der Waals surface area contributed by atoms with E-state index in [2.05, 4.69) is 0 Å². The van der Waals surface area contributed by atoms with E-state index in [9.17, 15) is 14.0 Å². The van der Waals surface area contributed by atoms with Gasteiger partial charge in [0.2, 0.25) is 5.78 Å². The number of carboxylic acid groups (broad SMARTS) is 1. The Balaban J connectivity index is 2.36. The molecule has 0 fully saturated rings. The number of halogens is 1. The van der Waals surface area contributed by atoms with Gasteiger partial charge in [0.05, 0.1) is 11.1 Å². The van der Waals surface area contributed by atoms with Gasteiger partial charge in [-0.25, -0.2) is 9.18 Å². The van der Waals surface area contributed by atoms with Crippen molar-refractivity contribution >= 4 is 17.8 Å². The van der Waals surface area contributed by atoms with E-state index in [-0.39, 0.29) is 16.7 Å². The highest BCUT2D eigenvalue weighted by atomic mass is 19.1. The monoisotopic (exact) mass is 295 g/mol. The smallest absolute Gasteiger partial charge is 0.335 e. The quantitative estimate of drug-likeness (QED) is 0.533. The van der Waals surface area contributed by atoms with Crippen LogP contribution in [0, 0.1) is 17.1 Å². The van der Waals surface area contributed by atoms with Crippen molar-refractivity contribution in [2.24, 2.45) is 0 Å². The maximum Gasteiger partial charge on any atom is 0.335 e. The lowest BCUT2D eigenvalue weighted by molar-refractivity contribution is 0.0696. The van der Waals surface area contributed by atoms with Crippen LogP contribution in [-0.4, -0.2) is 16.9 Å². The molecule has 2 aromatic rings. The number of ketones is 1. The third kappa shape index (κ3) is 3.25. The highest BCUT2D eigenvalue weighted by molar-refractivity contribution is 6.14. The van der Waals surface area contributed by atoms with E-state index in [1.54, 1.807) is 6.07 Å². The number of benzene rings is 2. The summed E-state index contributed by atoms with van der Waals surface area (Å²) in [5, 5.41) is 17.9. The summed E-state index contributed by atoms with van der Waals surface area (Å²) in [6.07, 6.45) is 1.29. The third-order valence-electron chi connectivity index (χ3n) is 2.95. The highest BCUT2D eigenvalue weighted by Crippen LogP contribution is 2.15. The summed E-state index contributed by atoms with van der Waals surface area (Å²) in [5.41, 5.74) is 0.160. The molecule has 0 bridgehead atoms. The zero-order valence-electron chi connectivity index (χ0n) is 11.3. The van der Waals surface area contributed by atoms with Crippen LogP contribution in [0.15, 0.2) is 54.1 Å².